The first kappa shape index (κ1) is 15.4. The van der Waals surface area contributed by atoms with Crippen molar-refractivity contribution in [3.63, 3.8) is 0 Å². The second-order valence-corrected chi connectivity index (χ2v) is 5.33. The van der Waals surface area contributed by atoms with Gasteiger partial charge in [0.2, 0.25) is 0 Å². The lowest BCUT2D eigenvalue weighted by Gasteiger charge is -2.22. The number of carbonyl (C=O) groups is 1. The van der Waals surface area contributed by atoms with Crippen molar-refractivity contribution < 1.29 is 9.53 Å². The molecule has 0 spiro atoms. The fraction of sp³-hybridized carbons (Fsp3) is 0.923. The predicted molar refractivity (Wildman–Crippen MR) is 72.3 cm³/mol. The molecule has 0 radical (unpaired) electrons. The average Bonchev–Trinajstić information content (AvgIpc) is 2.72. The fourth-order valence-corrected chi connectivity index (χ4v) is 2.43. The molecule has 106 valence electrons. The molecule has 0 saturated carbocycles. The van der Waals surface area contributed by atoms with Crippen LogP contribution in [0, 0.1) is 5.92 Å². The monoisotopic (exact) mass is 257 g/mol. The quantitative estimate of drug-likeness (QED) is 0.658. The summed E-state index contributed by atoms with van der Waals surface area (Å²) >= 11 is 0. The number of ether oxygens (including phenoxy) is 1. The van der Waals surface area contributed by atoms with Crippen LogP contribution >= 0.6 is 0 Å². The topological polar surface area (TPSA) is 58.8 Å². The SMILES string of the molecule is CCOC(=O)C(N)CCN(C)CC1CCN(C)C1. The van der Waals surface area contributed by atoms with Gasteiger partial charge in [0.1, 0.15) is 6.04 Å². The smallest absolute Gasteiger partial charge is 0.322 e. The number of hydrogen-bond donors (Lipinski definition) is 1. The van der Waals surface area contributed by atoms with E-state index >= 15 is 0 Å². The molecule has 1 heterocycles. The van der Waals surface area contributed by atoms with Crippen LogP contribution < -0.4 is 5.73 Å². The van der Waals surface area contributed by atoms with Gasteiger partial charge in [-0.1, -0.05) is 0 Å². The zero-order chi connectivity index (χ0) is 13.5. The molecule has 5 nitrogen and oxygen atoms in total. The highest BCUT2D eigenvalue weighted by molar-refractivity contribution is 5.75. The maximum atomic E-state index is 11.4. The Morgan fingerprint density at radius 1 is 1.61 bits per heavy atom. The molecule has 1 saturated heterocycles. The molecule has 1 rings (SSSR count). The molecule has 0 aliphatic carbocycles. The van der Waals surface area contributed by atoms with Crippen LogP contribution in [0.1, 0.15) is 19.8 Å². The summed E-state index contributed by atoms with van der Waals surface area (Å²) in [6, 6.07) is -0.487. The molecule has 2 atom stereocenters. The highest BCUT2D eigenvalue weighted by Gasteiger charge is 2.21. The highest BCUT2D eigenvalue weighted by atomic mass is 16.5. The van der Waals surface area contributed by atoms with E-state index in [0.717, 1.165) is 19.0 Å². The third kappa shape index (κ3) is 5.33. The van der Waals surface area contributed by atoms with Crippen LogP contribution in [-0.2, 0) is 9.53 Å². The van der Waals surface area contributed by atoms with Crippen molar-refractivity contribution in [1.82, 2.24) is 9.80 Å². The lowest BCUT2D eigenvalue weighted by atomic mass is 10.1. The first-order valence-electron chi connectivity index (χ1n) is 6.82. The van der Waals surface area contributed by atoms with Gasteiger partial charge in [-0.15, -0.1) is 0 Å². The standard InChI is InChI=1S/C13H27N3O2/c1-4-18-13(17)12(14)6-8-16(3)10-11-5-7-15(2)9-11/h11-12H,4-10,14H2,1-3H3. The molecule has 1 fully saturated rings. The molecule has 0 amide bonds. The molecule has 1 aliphatic heterocycles. The number of hydrogen-bond acceptors (Lipinski definition) is 5. The van der Waals surface area contributed by atoms with Crippen LogP contribution in [0.3, 0.4) is 0 Å². The van der Waals surface area contributed by atoms with Crippen LogP contribution in [-0.4, -0.2) is 68.7 Å². The lowest BCUT2D eigenvalue weighted by Crippen LogP contribution is -2.37. The van der Waals surface area contributed by atoms with Gasteiger partial charge in [0, 0.05) is 13.1 Å². The van der Waals surface area contributed by atoms with Crippen LogP contribution in [0.5, 0.6) is 0 Å². The van der Waals surface area contributed by atoms with Crippen LogP contribution in [0.2, 0.25) is 0 Å². The van der Waals surface area contributed by atoms with E-state index in [2.05, 4.69) is 23.9 Å². The molecule has 18 heavy (non-hydrogen) atoms. The maximum Gasteiger partial charge on any atom is 0.322 e. The van der Waals surface area contributed by atoms with Crippen molar-refractivity contribution in [2.24, 2.45) is 11.7 Å². The van der Waals surface area contributed by atoms with Crippen molar-refractivity contribution >= 4 is 5.97 Å². The van der Waals surface area contributed by atoms with Crippen molar-refractivity contribution in [3.05, 3.63) is 0 Å². The minimum Gasteiger partial charge on any atom is -0.465 e. The summed E-state index contributed by atoms with van der Waals surface area (Å²) in [5.74, 6) is 0.463. The molecule has 2 N–H and O–H groups in total. The largest absolute Gasteiger partial charge is 0.465 e. The van der Waals surface area contributed by atoms with Crippen molar-refractivity contribution in [3.8, 4) is 0 Å². The lowest BCUT2D eigenvalue weighted by molar-refractivity contribution is -0.144. The normalized spacial score (nSPS) is 22.4. The summed E-state index contributed by atoms with van der Waals surface area (Å²) in [5.41, 5.74) is 5.77. The molecule has 0 aromatic heterocycles. The number of rotatable bonds is 7. The summed E-state index contributed by atoms with van der Waals surface area (Å²) in [6.07, 6.45) is 1.93. The molecule has 0 aromatic carbocycles. The van der Waals surface area contributed by atoms with E-state index in [1.807, 2.05) is 0 Å². The van der Waals surface area contributed by atoms with E-state index in [1.165, 1.54) is 19.5 Å². The Balaban J connectivity index is 2.16. The maximum absolute atomic E-state index is 11.4. The molecule has 5 heteroatoms. The van der Waals surface area contributed by atoms with Gasteiger partial charge < -0.3 is 20.3 Å². The third-order valence-corrected chi connectivity index (χ3v) is 3.47. The van der Waals surface area contributed by atoms with Gasteiger partial charge in [0.25, 0.3) is 0 Å². The van der Waals surface area contributed by atoms with E-state index in [0.29, 0.717) is 13.0 Å². The van der Waals surface area contributed by atoms with E-state index in [9.17, 15) is 4.79 Å². The zero-order valence-electron chi connectivity index (χ0n) is 11.9. The Bertz CT molecular complexity index is 261. The summed E-state index contributed by atoms with van der Waals surface area (Å²) in [6.45, 7) is 6.50. The first-order valence-corrected chi connectivity index (χ1v) is 6.82. The van der Waals surface area contributed by atoms with Gasteiger partial charge in [-0.25, -0.2) is 0 Å². The van der Waals surface area contributed by atoms with Gasteiger partial charge in [-0.05, 0) is 52.9 Å². The molecule has 1 aliphatic rings. The molecule has 0 aromatic rings. The Hall–Kier alpha value is -0.650. The fourth-order valence-electron chi connectivity index (χ4n) is 2.43. The third-order valence-electron chi connectivity index (χ3n) is 3.47. The number of likely N-dealkylation sites (tertiary alicyclic amines) is 1. The Morgan fingerprint density at radius 3 is 2.89 bits per heavy atom. The minimum atomic E-state index is -0.487. The van der Waals surface area contributed by atoms with Crippen molar-refractivity contribution in [2.45, 2.75) is 25.8 Å². The Morgan fingerprint density at radius 2 is 2.33 bits per heavy atom. The molecular weight excluding hydrogens is 230 g/mol. The van der Waals surface area contributed by atoms with Gasteiger partial charge in [-0.3, -0.25) is 4.79 Å². The summed E-state index contributed by atoms with van der Waals surface area (Å²) < 4.78 is 4.89. The van der Waals surface area contributed by atoms with E-state index in [4.69, 9.17) is 10.5 Å². The van der Waals surface area contributed by atoms with Gasteiger partial charge >= 0.3 is 5.97 Å². The summed E-state index contributed by atoms with van der Waals surface area (Å²) in [5, 5.41) is 0. The predicted octanol–water partition coefficient (Wildman–Crippen LogP) is 0.150. The average molecular weight is 257 g/mol. The van der Waals surface area contributed by atoms with E-state index < -0.39 is 6.04 Å². The Kier molecular flexibility index (Phi) is 6.60. The van der Waals surface area contributed by atoms with Crippen LogP contribution in [0.15, 0.2) is 0 Å². The van der Waals surface area contributed by atoms with Gasteiger partial charge in [0.05, 0.1) is 6.61 Å². The van der Waals surface area contributed by atoms with Crippen LogP contribution in [0.4, 0.5) is 0 Å². The van der Waals surface area contributed by atoms with E-state index in [1.54, 1.807) is 6.92 Å². The highest BCUT2D eigenvalue weighted by Crippen LogP contribution is 2.15. The molecular formula is C13H27N3O2. The number of esters is 1. The summed E-state index contributed by atoms with van der Waals surface area (Å²) in [7, 11) is 4.26. The first-order chi connectivity index (χ1) is 8.52. The molecule has 2 unspecified atom stereocenters. The van der Waals surface area contributed by atoms with Crippen molar-refractivity contribution in [1.29, 1.82) is 0 Å². The van der Waals surface area contributed by atoms with Gasteiger partial charge in [-0.2, -0.15) is 0 Å². The number of carbonyl (C=O) groups excluding carboxylic acids is 1. The second kappa shape index (κ2) is 7.71. The summed E-state index contributed by atoms with van der Waals surface area (Å²) in [4.78, 5) is 16.0. The van der Waals surface area contributed by atoms with E-state index in [-0.39, 0.29) is 5.97 Å². The second-order valence-electron chi connectivity index (χ2n) is 5.33. The molecule has 0 bridgehead atoms. The van der Waals surface area contributed by atoms with Gasteiger partial charge in [0.15, 0.2) is 0 Å². The zero-order valence-corrected chi connectivity index (χ0v) is 11.9. The minimum absolute atomic E-state index is 0.286. The van der Waals surface area contributed by atoms with Crippen LogP contribution in [0.25, 0.3) is 0 Å². The number of nitrogens with two attached hydrogens (primary N) is 1. The van der Waals surface area contributed by atoms with Crippen molar-refractivity contribution in [2.75, 3.05) is 46.9 Å². The Labute approximate surface area is 110 Å². The number of nitrogens with zero attached hydrogens (tertiary/aromatic N) is 2.